The van der Waals surface area contributed by atoms with Crippen molar-refractivity contribution in [3.05, 3.63) is 53.2 Å². The molecule has 182 valence electrons. The number of anilines is 2. The zero-order valence-corrected chi connectivity index (χ0v) is 21.0. The Labute approximate surface area is 203 Å². The van der Waals surface area contributed by atoms with Crippen LogP contribution in [0.5, 0.6) is 0 Å². The largest absolute Gasteiger partial charge is 0.372 e. The summed E-state index contributed by atoms with van der Waals surface area (Å²) in [5, 5.41) is 9.09. The Kier molecular flexibility index (Phi) is 6.79. The van der Waals surface area contributed by atoms with Gasteiger partial charge >= 0.3 is 0 Å². The predicted molar refractivity (Wildman–Crippen MR) is 139 cm³/mol. The first kappa shape index (κ1) is 23.2. The van der Waals surface area contributed by atoms with Crippen molar-refractivity contribution < 1.29 is 9.47 Å². The predicted octanol–water partition coefficient (Wildman–Crippen LogP) is 5.40. The van der Waals surface area contributed by atoms with E-state index in [-0.39, 0.29) is 6.29 Å². The second kappa shape index (κ2) is 9.96. The first-order chi connectivity index (χ1) is 16.6. The van der Waals surface area contributed by atoms with Crippen molar-refractivity contribution in [2.75, 3.05) is 50.2 Å². The fourth-order valence-electron chi connectivity index (χ4n) is 6.04. The number of nitrogens with one attached hydrogen (secondary N) is 1. The van der Waals surface area contributed by atoms with Gasteiger partial charge in [0.25, 0.3) is 0 Å². The molecule has 3 aromatic rings. The summed E-state index contributed by atoms with van der Waals surface area (Å²) in [5.74, 6) is 1.11. The lowest BCUT2D eigenvalue weighted by Crippen LogP contribution is -2.39. The van der Waals surface area contributed by atoms with E-state index in [0.717, 1.165) is 50.2 Å². The summed E-state index contributed by atoms with van der Waals surface area (Å²) < 4.78 is 11.0. The van der Waals surface area contributed by atoms with Crippen molar-refractivity contribution >= 4 is 22.3 Å². The van der Waals surface area contributed by atoms with Crippen LogP contribution in [0.3, 0.4) is 0 Å². The van der Waals surface area contributed by atoms with Crippen LogP contribution in [0.2, 0.25) is 0 Å². The van der Waals surface area contributed by atoms with Crippen molar-refractivity contribution in [1.82, 2.24) is 10.2 Å². The van der Waals surface area contributed by atoms with Gasteiger partial charge in [0.1, 0.15) is 5.52 Å². The molecule has 2 saturated heterocycles. The number of piperidine rings is 2. The van der Waals surface area contributed by atoms with Crippen LogP contribution in [0.15, 0.2) is 36.4 Å². The van der Waals surface area contributed by atoms with E-state index < -0.39 is 0 Å². The van der Waals surface area contributed by atoms with Crippen LogP contribution in [0.1, 0.15) is 48.4 Å². The fraction of sp³-hybridized carbons (Fsp3) is 0.536. The molecule has 0 aliphatic carbocycles. The number of fused-ring (bicyclic) bond motifs is 1. The molecule has 0 atom stereocenters. The van der Waals surface area contributed by atoms with Gasteiger partial charge in [-0.1, -0.05) is 18.2 Å². The average molecular weight is 463 g/mol. The molecule has 6 nitrogen and oxygen atoms in total. The molecule has 0 saturated carbocycles. The maximum absolute atomic E-state index is 5.48. The molecule has 0 amide bonds. The molecular weight excluding hydrogens is 424 g/mol. The Morgan fingerprint density at radius 2 is 1.50 bits per heavy atom. The van der Waals surface area contributed by atoms with Crippen molar-refractivity contribution in [2.45, 2.75) is 51.7 Å². The number of rotatable bonds is 6. The van der Waals surface area contributed by atoms with Crippen LogP contribution in [0, 0.1) is 19.8 Å². The number of nitrogens with zero attached hydrogens (tertiary/aromatic N) is 3. The lowest BCUT2D eigenvalue weighted by Gasteiger charge is -2.36. The molecule has 0 radical (unpaired) electrons. The van der Waals surface area contributed by atoms with E-state index in [1.807, 2.05) is 0 Å². The minimum Gasteiger partial charge on any atom is -0.372 e. The van der Waals surface area contributed by atoms with Crippen molar-refractivity contribution in [2.24, 2.45) is 5.92 Å². The first-order valence-electron chi connectivity index (χ1n) is 12.7. The minimum atomic E-state index is -0.0801. The molecular formula is C28H38N4O2. The van der Waals surface area contributed by atoms with Crippen LogP contribution in [-0.4, -0.2) is 56.9 Å². The quantitative estimate of drug-likeness (QED) is 0.497. The number of hydrogen-bond acceptors (Lipinski definition) is 5. The molecule has 2 aromatic carbocycles. The molecule has 1 aromatic heterocycles. The van der Waals surface area contributed by atoms with Gasteiger partial charge in [0, 0.05) is 63.1 Å². The molecule has 5 rings (SSSR count). The summed E-state index contributed by atoms with van der Waals surface area (Å²) in [6, 6.07) is 13.8. The van der Waals surface area contributed by atoms with Crippen LogP contribution >= 0.6 is 0 Å². The van der Waals surface area contributed by atoms with E-state index >= 15 is 0 Å². The zero-order chi connectivity index (χ0) is 23.7. The van der Waals surface area contributed by atoms with Gasteiger partial charge in [-0.25, -0.2) is 0 Å². The number of ether oxygens (including phenoxy) is 2. The summed E-state index contributed by atoms with van der Waals surface area (Å²) in [7, 11) is 3.48. The third-order valence-corrected chi connectivity index (χ3v) is 8.03. The van der Waals surface area contributed by atoms with E-state index in [9.17, 15) is 0 Å². The summed E-state index contributed by atoms with van der Waals surface area (Å²) >= 11 is 0. The number of aryl methyl sites for hydroxylation is 2. The lowest BCUT2D eigenvalue weighted by atomic mass is 9.88. The number of aromatic nitrogens is 2. The lowest BCUT2D eigenvalue weighted by molar-refractivity contribution is -0.141. The van der Waals surface area contributed by atoms with Gasteiger partial charge in [0.2, 0.25) is 0 Å². The average Bonchev–Trinajstić information content (AvgIpc) is 3.28. The molecule has 2 aliphatic rings. The SMILES string of the molecule is COC(OC)C1CCN(c2ccc(C3CCN(c4ccc(C)c5c(C)[nH]nc45)CC3)cc2)CC1. The van der Waals surface area contributed by atoms with E-state index in [1.165, 1.54) is 40.7 Å². The second-order valence-corrected chi connectivity index (χ2v) is 9.99. The topological polar surface area (TPSA) is 53.6 Å². The Hall–Kier alpha value is -2.57. The highest BCUT2D eigenvalue weighted by Crippen LogP contribution is 2.36. The summed E-state index contributed by atoms with van der Waals surface area (Å²) in [6.45, 7) is 8.55. The summed E-state index contributed by atoms with van der Waals surface area (Å²) in [4.78, 5) is 5.02. The number of methoxy groups -OCH3 is 2. The first-order valence-corrected chi connectivity index (χ1v) is 12.7. The van der Waals surface area contributed by atoms with Crippen molar-refractivity contribution in [1.29, 1.82) is 0 Å². The van der Waals surface area contributed by atoms with Crippen molar-refractivity contribution in [3.8, 4) is 0 Å². The summed E-state index contributed by atoms with van der Waals surface area (Å²) in [5.41, 5.74) is 7.65. The number of hydrogen-bond donors (Lipinski definition) is 1. The zero-order valence-electron chi connectivity index (χ0n) is 21.0. The van der Waals surface area contributed by atoms with E-state index in [1.54, 1.807) is 14.2 Å². The Bertz CT molecular complexity index is 1090. The molecule has 34 heavy (non-hydrogen) atoms. The van der Waals surface area contributed by atoms with E-state index in [4.69, 9.17) is 9.47 Å². The standard InChI is InChI=1S/C28H38N4O2/c1-19-5-10-25(27-26(19)20(2)29-30-27)32-17-11-22(12-18-32)21-6-8-24(9-7-21)31-15-13-23(14-16-31)28(33-3)34-4/h5-10,22-23,28H,11-18H2,1-4H3,(H,29,30). The molecule has 0 spiro atoms. The monoisotopic (exact) mass is 462 g/mol. The van der Waals surface area contributed by atoms with E-state index in [0.29, 0.717) is 11.8 Å². The smallest absolute Gasteiger partial charge is 0.159 e. The normalized spacial score (nSPS) is 18.4. The van der Waals surface area contributed by atoms with E-state index in [2.05, 4.69) is 70.2 Å². The molecule has 0 bridgehead atoms. The number of H-pyrrole nitrogens is 1. The highest BCUT2D eigenvalue weighted by atomic mass is 16.7. The van der Waals surface area contributed by atoms with Crippen LogP contribution in [0.4, 0.5) is 11.4 Å². The molecule has 3 heterocycles. The fourth-order valence-corrected chi connectivity index (χ4v) is 6.04. The Morgan fingerprint density at radius 3 is 2.15 bits per heavy atom. The van der Waals surface area contributed by atoms with Gasteiger partial charge in [-0.3, -0.25) is 5.10 Å². The Balaban J connectivity index is 1.19. The van der Waals surface area contributed by atoms with Gasteiger partial charge in [-0.15, -0.1) is 0 Å². The second-order valence-electron chi connectivity index (χ2n) is 9.99. The molecule has 2 aliphatic heterocycles. The molecule has 0 unspecified atom stereocenters. The Morgan fingerprint density at radius 1 is 0.853 bits per heavy atom. The molecule has 6 heteroatoms. The summed E-state index contributed by atoms with van der Waals surface area (Å²) in [6.07, 6.45) is 4.49. The minimum absolute atomic E-state index is 0.0801. The maximum atomic E-state index is 5.48. The third-order valence-electron chi connectivity index (χ3n) is 8.03. The number of aromatic amines is 1. The van der Waals surface area contributed by atoms with Gasteiger partial charge in [0.15, 0.2) is 6.29 Å². The van der Waals surface area contributed by atoms with Gasteiger partial charge in [-0.05, 0) is 74.8 Å². The van der Waals surface area contributed by atoms with Gasteiger partial charge in [-0.2, -0.15) is 5.10 Å². The van der Waals surface area contributed by atoms with Crippen molar-refractivity contribution in [3.63, 3.8) is 0 Å². The molecule has 2 fully saturated rings. The molecule has 1 N–H and O–H groups in total. The maximum Gasteiger partial charge on any atom is 0.159 e. The third kappa shape index (κ3) is 4.41. The highest BCUT2D eigenvalue weighted by Gasteiger charge is 2.27. The van der Waals surface area contributed by atoms with Crippen LogP contribution < -0.4 is 9.80 Å². The van der Waals surface area contributed by atoms with Crippen LogP contribution in [0.25, 0.3) is 10.9 Å². The highest BCUT2D eigenvalue weighted by molar-refractivity contribution is 5.94. The number of benzene rings is 2. The van der Waals surface area contributed by atoms with Gasteiger partial charge < -0.3 is 19.3 Å². The van der Waals surface area contributed by atoms with Crippen LogP contribution in [-0.2, 0) is 9.47 Å². The van der Waals surface area contributed by atoms with Gasteiger partial charge in [0.05, 0.1) is 5.69 Å².